The number of benzene rings is 1. The van der Waals surface area contributed by atoms with Crippen LogP contribution in [0.1, 0.15) is 5.69 Å². The maximum absolute atomic E-state index is 6.13. The van der Waals surface area contributed by atoms with E-state index in [4.69, 9.17) is 23.2 Å². The summed E-state index contributed by atoms with van der Waals surface area (Å²) in [7, 11) is 0. The highest BCUT2D eigenvalue weighted by atomic mass is 35.5. The summed E-state index contributed by atoms with van der Waals surface area (Å²) in [6.07, 6.45) is 1.45. The van der Waals surface area contributed by atoms with Crippen LogP contribution in [0.4, 0.5) is 11.5 Å². The number of aryl methyl sites for hydroxylation is 1. The standard InChI is InChI=1S/C12H9Cl2N5/c1-7-4-11(19-12(17-7)15-6-16-19)18-10-5-8(13)2-3-9(10)14/h2-6,18H,1H3. The van der Waals surface area contributed by atoms with Gasteiger partial charge in [0.15, 0.2) is 0 Å². The minimum absolute atomic E-state index is 0.528. The predicted molar refractivity (Wildman–Crippen MR) is 75.3 cm³/mol. The van der Waals surface area contributed by atoms with Crippen molar-refractivity contribution in [3.8, 4) is 0 Å². The smallest absolute Gasteiger partial charge is 0.254 e. The zero-order valence-electron chi connectivity index (χ0n) is 9.93. The quantitative estimate of drug-likeness (QED) is 0.786. The number of fused-ring (bicyclic) bond motifs is 1. The van der Waals surface area contributed by atoms with Gasteiger partial charge in [-0.15, -0.1) is 0 Å². The first kappa shape index (κ1) is 12.2. The third-order valence-electron chi connectivity index (χ3n) is 2.57. The molecule has 0 radical (unpaired) electrons. The fraction of sp³-hybridized carbons (Fsp3) is 0.0833. The highest BCUT2D eigenvalue weighted by Gasteiger charge is 2.08. The topological polar surface area (TPSA) is 55.1 Å². The van der Waals surface area contributed by atoms with Crippen LogP contribution in [0.5, 0.6) is 0 Å². The molecule has 0 aliphatic carbocycles. The van der Waals surface area contributed by atoms with Crippen molar-refractivity contribution in [2.24, 2.45) is 0 Å². The van der Waals surface area contributed by atoms with Crippen LogP contribution in [0.3, 0.4) is 0 Å². The summed E-state index contributed by atoms with van der Waals surface area (Å²) in [5.74, 6) is 1.25. The van der Waals surface area contributed by atoms with Crippen LogP contribution in [0, 0.1) is 6.92 Å². The largest absolute Gasteiger partial charge is 0.339 e. The molecule has 0 saturated heterocycles. The molecule has 0 fully saturated rings. The van der Waals surface area contributed by atoms with Crippen molar-refractivity contribution in [1.29, 1.82) is 0 Å². The molecule has 7 heteroatoms. The van der Waals surface area contributed by atoms with Crippen molar-refractivity contribution in [2.45, 2.75) is 6.92 Å². The van der Waals surface area contributed by atoms with E-state index in [2.05, 4.69) is 20.4 Å². The van der Waals surface area contributed by atoms with Gasteiger partial charge in [-0.3, -0.25) is 0 Å². The third-order valence-corrected chi connectivity index (χ3v) is 3.14. The summed E-state index contributed by atoms with van der Waals surface area (Å²) < 4.78 is 1.60. The molecule has 0 aliphatic rings. The zero-order chi connectivity index (χ0) is 13.4. The molecule has 3 rings (SSSR count). The third kappa shape index (κ3) is 2.34. The second kappa shape index (κ2) is 4.68. The molecule has 0 unspecified atom stereocenters. The van der Waals surface area contributed by atoms with Crippen molar-refractivity contribution in [1.82, 2.24) is 19.6 Å². The maximum Gasteiger partial charge on any atom is 0.254 e. The van der Waals surface area contributed by atoms with Crippen LogP contribution < -0.4 is 5.32 Å². The monoisotopic (exact) mass is 293 g/mol. The number of nitrogens with one attached hydrogen (secondary N) is 1. The van der Waals surface area contributed by atoms with Crippen LogP contribution in [-0.2, 0) is 0 Å². The van der Waals surface area contributed by atoms with Crippen LogP contribution in [-0.4, -0.2) is 19.6 Å². The van der Waals surface area contributed by atoms with E-state index >= 15 is 0 Å². The number of aromatic nitrogens is 4. The molecule has 0 spiro atoms. The Hall–Kier alpha value is -1.85. The van der Waals surface area contributed by atoms with Crippen LogP contribution in [0.25, 0.3) is 5.78 Å². The van der Waals surface area contributed by atoms with E-state index in [1.807, 2.05) is 13.0 Å². The van der Waals surface area contributed by atoms with Crippen LogP contribution >= 0.6 is 23.2 Å². The Morgan fingerprint density at radius 3 is 2.89 bits per heavy atom. The van der Waals surface area contributed by atoms with E-state index < -0.39 is 0 Å². The second-order valence-corrected chi connectivity index (χ2v) is 4.85. The first-order chi connectivity index (χ1) is 9.13. The van der Waals surface area contributed by atoms with Gasteiger partial charge in [0.05, 0.1) is 10.7 Å². The molecule has 3 aromatic rings. The summed E-state index contributed by atoms with van der Waals surface area (Å²) in [6, 6.07) is 7.08. The van der Waals surface area contributed by atoms with E-state index in [-0.39, 0.29) is 0 Å². The molecule has 5 nitrogen and oxygen atoms in total. The average molecular weight is 294 g/mol. The lowest BCUT2D eigenvalue weighted by Crippen LogP contribution is -2.03. The Kier molecular flexibility index (Phi) is 3.00. The van der Waals surface area contributed by atoms with Gasteiger partial charge in [-0.05, 0) is 25.1 Å². The normalized spacial score (nSPS) is 10.9. The molecular weight excluding hydrogens is 285 g/mol. The fourth-order valence-electron chi connectivity index (χ4n) is 1.75. The first-order valence-corrected chi connectivity index (χ1v) is 6.28. The minimum atomic E-state index is 0.528. The molecular formula is C12H9Cl2N5. The Morgan fingerprint density at radius 2 is 2.05 bits per heavy atom. The lowest BCUT2D eigenvalue weighted by molar-refractivity contribution is 0.937. The molecule has 19 heavy (non-hydrogen) atoms. The van der Waals surface area contributed by atoms with Crippen molar-refractivity contribution in [3.63, 3.8) is 0 Å². The van der Waals surface area contributed by atoms with E-state index in [0.717, 1.165) is 11.5 Å². The molecule has 0 amide bonds. The Morgan fingerprint density at radius 1 is 1.21 bits per heavy atom. The van der Waals surface area contributed by atoms with Gasteiger partial charge in [0, 0.05) is 16.8 Å². The first-order valence-electron chi connectivity index (χ1n) is 5.53. The SMILES string of the molecule is Cc1cc(Nc2cc(Cl)ccc2Cl)n2ncnc2n1. The summed E-state index contributed by atoms with van der Waals surface area (Å²) in [6.45, 7) is 1.89. The van der Waals surface area contributed by atoms with Gasteiger partial charge in [-0.1, -0.05) is 23.2 Å². The molecule has 0 aliphatic heterocycles. The Bertz CT molecular complexity index is 753. The average Bonchev–Trinajstić information content (AvgIpc) is 2.82. The summed E-state index contributed by atoms with van der Waals surface area (Å²) in [5.41, 5.74) is 1.54. The van der Waals surface area contributed by atoms with E-state index in [1.165, 1.54) is 6.33 Å². The number of halogens is 2. The number of rotatable bonds is 2. The van der Waals surface area contributed by atoms with Gasteiger partial charge in [-0.2, -0.15) is 14.6 Å². The molecule has 2 aromatic heterocycles. The van der Waals surface area contributed by atoms with Gasteiger partial charge < -0.3 is 5.32 Å². The highest BCUT2D eigenvalue weighted by Crippen LogP contribution is 2.28. The summed E-state index contributed by atoms with van der Waals surface area (Å²) in [5, 5.41) is 8.48. The summed E-state index contributed by atoms with van der Waals surface area (Å²) in [4.78, 5) is 8.33. The van der Waals surface area contributed by atoms with Gasteiger partial charge >= 0.3 is 0 Å². The van der Waals surface area contributed by atoms with E-state index in [9.17, 15) is 0 Å². The Balaban J connectivity index is 2.10. The predicted octanol–water partition coefficient (Wildman–Crippen LogP) is 3.48. The summed E-state index contributed by atoms with van der Waals surface area (Å²) >= 11 is 12.1. The molecule has 96 valence electrons. The van der Waals surface area contributed by atoms with Crippen molar-refractivity contribution in [2.75, 3.05) is 5.32 Å². The number of anilines is 2. The lowest BCUT2D eigenvalue weighted by Gasteiger charge is -2.10. The maximum atomic E-state index is 6.13. The van der Waals surface area contributed by atoms with Gasteiger partial charge in [0.2, 0.25) is 0 Å². The molecule has 1 aromatic carbocycles. The van der Waals surface area contributed by atoms with Gasteiger partial charge in [0.1, 0.15) is 12.1 Å². The Labute approximate surface area is 119 Å². The fourth-order valence-corrected chi connectivity index (χ4v) is 2.09. The van der Waals surface area contributed by atoms with Crippen molar-refractivity contribution < 1.29 is 0 Å². The van der Waals surface area contributed by atoms with Gasteiger partial charge in [0.25, 0.3) is 5.78 Å². The number of hydrogen-bond acceptors (Lipinski definition) is 4. The van der Waals surface area contributed by atoms with Crippen LogP contribution in [0.2, 0.25) is 10.0 Å². The van der Waals surface area contributed by atoms with E-state index in [1.54, 1.807) is 22.7 Å². The van der Waals surface area contributed by atoms with Crippen molar-refractivity contribution >= 4 is 40.5 Å². The van der Waals surface area contributed by atoms with E-state index in [0.29, 0.717) is 21.5 Å². The molecule has 0 saturated carbocycles. The number of hydrogen-bond donors (Lipinski definition) is 1. The minimum Gasteiger partial charge on any atom is -0.339 e. The molecule has 2 heterocycles. The molecule has 0 atom stereocenters. The second-order valence-electron chi connectivity index (χ2n) is 4.00. The van der Waals surface area contributed by atoms with Gasteiger partial charge in [-0.25, -0.2) is 4.98 Å². The zero-order valence-corrected chi connectivity index (χ0v) is 11.4. The molecule has 1 N–H and O–H groups in total. The number of nitrogens with zero attached hydrogens (tertiary/aromatic N) is 4. The molecule has 0 bridgehead atoms. The lowest BCUT2D eigenvalue weighted by atomic mass is 10.3. The highest BCUT2D eigenvalue weighted by molar-refractivity contribution is 6.35. The van der Waals surface area contributed by atoms with Crippen molar-refractivity contribution in [3.05, 3.63) is 46.3 Å². The van der Waals surface area contributed by atoms with Crippen LogP contribution in [0.15, 0.2) is 30.6 Å².